The highest BCUT2D eigenvalue weighted by Gasteiger charge is 2.32. The van der Waals surface area contributed by atoms with Gasteiger partial charge in [-0.05, 0) is 53.8 Å². The van der Waals surface area contributed by atoms with Crippen molar-refractivity contribution < 1.29 is 19.1 Å². The number of rotatable bonds is 13. The number of nitrogens with zero attached hydrogens (tertiary/aromatic N) is 3. The Balaban J connectivity index is 1.49. The van der Waals surface area contributed by atoms with Crippen molar-refractivity contribution in [2.45, 2.75) is 25.8 Å². The normalized spacial score (nSPS) is 16.9. The van der Waals surface area contributed by atoms with Gasteiger partial charge in [-0.25, -0.2) is 4.39 Å². The van der Waals surface area contributed by atoms with Gasteiger partial charge in [0.1, 0.15) is 5.83 Å². The van der Waals surface area contributed by atoms with E-state index in [0.29, 0.717) is 38.2 Å². The lowest BCUT2D eigenvalue weighted by atomic mass is 9.98. The minimum absolute atomic E-state index is 0.172. The third-order valence-corrected chi connectivity index (χ3v) is 6.31. The number of anilines is 1. The summed E-state index contributed by atoms with van der Waals surface area (Å²) in [6, 6.07) is 8.18. The second kappa shape index (κ2) is 12.9. The summed E-state index contributed by atoms with van der Waals surface area (Å²) in [6.45, 7) is 6.81. The van der Waals surface area contributed by atoms with E-state index in [9.17, 15) is 14.0 Å². The average Bonchev–Trinajstić information content (AvgIpc) is 2.82. The average molecular weight is 480 g/mol. The molecule has 1 aromatic rings. The first-order valence-corrected chi connectivity index (χ1v) is 11.9. The molecule has 1 saturated heterocycles. The van der Waals surface area contributed by atoms with E-state index < -0.39 is 5.97 Å². The molecule has 7 heteroatoms. The molecule has 35 heavy (non-hydrogen) atoms. The summed E-state index contributed by atoms with van der Waals surface area (Å²) >= 11 is 0. The van der Waals surface area contributed by atoms with E-state index in [-0.39, 0.29) is 11.7 Å². The number of benzene rings is 1. The highest BCUT2D eigenvalue weighted by Crippen LogP contribution is 2.26. The summed E-state index contributed by atoms with van der Waals surface area (Å²) in [7, 11) is 1.97. The number of likely N-dealkylation sites (N-methyl/N-ethyl adjacent to an activating group) is 1. The molecule has 1 fully saturated rings. The van der Waals surface area contributed by atoms with Gasteiger partial charge < -0.3 is 14.9 Å². The number of likely N-dealkylation sites (tertiary alicyclic amines) is 1. The van der Waals surface area contributed by atoms with Gasteiger partial charge in [-0.3, -0.25) is 14.5 Å². The molecule has 6 nitrogen and oxygen atoms in total. The molecule has 186 valence electrons. The fraction of sp³-hybridized carbons (Fsp3) is 0.357. The van der Waals surface area contributed by atoms with Crippen LogP contribution in [0.25, 0.3) is 0 Å². The van der Waals surface area contributed by atoms with E-state index >= 15 is 0 Å². The van der Waals surface area contributed by atoms with Gasteiger partial charge in [0.25, 0.3) is 0 Å². The molecule has 0 unspecified atom stereocenters. The minimum atomic E-state index is -0.724. The number of carbonyl (C=O) groups is 2. The maximum atomic E-state index is 14.1. The molecule has 2 aliphatic rings. The van der Waals surface area contributed by atoms with E-state index in [2.05, 4.69) is 28.5 Å². The first kappa shape index (κ1) is 26.2. The highest BCUT2D eigenvalue weighted by atomic mass is 19.1. The summed E-state index contributed by atoms with van der Waals surface area (Å²) in [5, 5.41) is 9.00. The fourth-order valence-electron chi connectivity index (χ4n) is 4.12. The molecule has 0 radical (unpaired) electrons. The SMILES string of the molecule is C=C/C=C(\C=C\N(C=O)CCN(C)c1ccc(CN2CC(C(=O)O)C2)cc1)CC1=CCCC=C1F. The third kappa shape index (κ3) is 7.79. The Kier molecular flexibility index (Phi) is 9.61. The molecule has 0 aromatic heterocycles. The van der Waals surface area contributed by atoms with Gasteiger partial charge in [0.15, 0.2) is 0 Å². The Morgan fingerprint density at radius 2 is 1.91 bits per heavy atom. The quantitative estimate of drug-likeness (QED) is 0.329. The van der Waals surface area contributed by atoms with Crippen LogP contribution in [0, 0.1) is 5.92 Å². The second-order valence-corrected chi connectivity index (χ2v) is 8.99. The summed E-state index contributed by atoms with van der Waals surface area (Å²) < 4.78 is 14.1. The number of carboxylic acids is 1. The minimum Gasteiger partial charge on any atom is -0.481 e. The zero-order valence-corrected chi connectivity index (χ0v) is 20.3. The summed E-state index contributed by atoms with van der Waals surface area (Å²) in [5.41, 5.74) is 3.73. The Labute approximate surface area is 207 Å². The molecule has 3 rings (SSSR count). The third-order valence-electron chi connectivity index (χ3n) is 6.31. The number of halogens is 1. The molecule has 0 saturated carbocycles. The van der Waals surface area contributed by atoms with E-state index in [1.165, 1.54) is 0 Å². The lowest BCUT2D eigenvalue weighted by Crippen LogP contribution is -2.49. The van der Waals surface area contributed by atoms with Crippen LogP contribution in [0.15, 0.2) is 84.4 Å². The lowest BCUT2D eigenvalue weighted by molar-refractivity contribution is -0.147. The predicted molar refractivity (Wildman–Crippen MR) is 137 cm³/mol. The van der Waals surface area contributed by atoms with Crippen LogP contribution >= 0.6 is 0 Å². The van der Waals surface area contributed by atoms with Crippen LogP contribution < -0.4 is 4.90 Å². The van der Waals surface area contributed by atoms with Crippen molar-refractivity contribution >= 4 is 18.1 Å². The van der Waals surface area contributed by atoms with Crippen LogP contribution in [-0.4, -0.2) is 60.5 Å². The number of carboxylic acid groups (broad SMARTS) is 1. The summed E-state index contributed by atoms with van der Waals surface area (Å²) in [4.78, 5) is 28.3. The number of hydrogen-bond acceptors (Lipinski definition) is 4. The zero-order valence-electron chi connectivity index (χ0n) is 20.3. The van der Waals surface area contributed by atoms with Crippen LogP contribution in [0.1, 0.15) is 24.8 Å². The molecule has 1 amide bonds. The Bertz CT molecular complexity index is 1020. The lowest BCUT2D eigenvalue weighted by Gasteiger charge is -2.36. The molecule has 0 bridgehead atoms. The number of carbonyl (C=O) groups excluding carboxylic acids is 1. The van der Waals surface area contributed by atoms with Crippen molar-refractivity contribution in [3.8, 4) is 0 Å². The second-order valence-electron chi connectivity index (χ2n) is 8.99. The highest BCUT2D eigenvalue weighted by molar-refractivity contribution is 5.71. The molecule has 1 aromatic carbocycles. The molecule has 1 aliphatic heterocycles. The number of allylic oxidation sites excluding steroid dienone is 8. The number of hydrogen-bond donors (Lipinski definition) is 1. The van der Waals surface area contributed by atoms with Gasteiger partial charge >= 0.3 is 5.97 Å². The van der Waals surface area contributed by atoms with E-state index in [4.69, 9.17) is 5.11 Å². The van der Waals surface area contributed by atoms with E-state index in [0.717, 1.165) is 42.6 Å². The summed E-state index contributed by atoms with van der Waals surface area (Å²) in [5.74, 6) is -1.15. The fourth-order valence-corrected chi connectivity index (χ4v) is 4.12. The monoisotopic (exact) mass is 479 g/mol. The van der Waals surface area contributed by atoms with Gasteiger partial charge in [0.2, 0.25) is 6.41 Å². The number of aliphatic carboxylic acids is 1. The van der Waals surface area contributed by atoms with Gasteiger partial charge in [0.05, 0.1) is 5.92 Å². The van der Waals surface area contributed by atoms with Gasteiger partial charge in [0, 0.05) is 58.1 Å². The molecular weight excluding hydrogens is 445 g/mol. The van der Waals surface area contributed by atoms with Gasteiger partial charge in [-0.15, -0.1) is 0 Å². The van der Waals surface area contributed by atoms with Crippen LogP contribution in [0.4, 0.5) is 10.1 Å². The predicted octanol–water partition coefficient (Wildman–Crippen LogP) is 4.69. The molecule has 0 spiro atoms. The van der Waals surface area contributed by atoms with E-state index in [1.54, 1.807) is 23.3 Å². The van der Waals surface area contributed by atoms with Crippen molar-refractivity contribution in [2.24, 2.45) is 5.92 Å². The first-order valence-electron chi connectivity index (χ1n) is 11.9. The van der Waals surface area contributed by atoms with Crippen molar-refractivity contribution in [3.63, 3.8) is 0 Å². The topological polar surface area (TPSA) is 64.1 Å². The Hall–Kier alpha value is -3.45. The molecule has 1 N–H and O–H groups in total. The largest absolute Gasteiger partial charge is 0.481 e. The molecule has 0 atom stereocenters. The first-order chi connectivity index (χ1) is 16.9. The van der Waals surface area contributed by atoms with E-state index in [1.807, 2.05) is 37.4 Å². The molecular formula is C28H34FN3O3. The van der Waals surface area contributed by atoms with Crippen molar-refractivity contribution in [1.29, 1.82) is 0 Å². The molecule has 1 aliphatic carbocycles. The van der Waals surface area contributed by atoms with Gasteiger partial charge in [-0.1, -0.05) is 36.9 Å². The Morgan fingerprint density at radius 3 is 2.54 bits per heavy atom. The maximum absolute atomic E-state index is 14.1. The Morgan fingerprint density at radius 1 is 1.20 bits per heavy atom. The van der Waals surface area contributed by atoms with Crippen molar-refractivity contribution in [1.82, 2.24) is 9.80 Å². The van der Waals surface area contributed by atoms with Crippen LogP contribution in [0.3, 0.4) is 0 Å². The molecule has 1 heterocycles. The zero-order chi connectivity index (χ0) is 25.2. The van der Waals surface area contributed by atoms with Crippen LogP contribution in [0.2, 0.25) is 0 Å². The van der Waals surface area contributed by atoms with Crippen molar-refractivity contribution in [2.75, 3.05) is 38.1 Å². The van der Waals surface area contributed by atoms with Gasteiger partial charge in [-0.2, -0.15) is 0 Å². The van der Waals surface area contributed by atoms with Crippen molar-refractivity contribution in [3.05, 3.63) is 90.0 Å². The summed E-state index contributed by atoms with van der Waals surface area (Å²) in [6.07, 6.45) is 13.4. The van der Waals surface area contributed by atoms with Crippen LogP contribution in [-0.2, 0) is 16.1 Å². The maximum Gasteiger partial charge on any atom is 0.309 e. The standard InChI is InChI=1S/C28H34FN3O3/c1-3-6-22(17-24-7-4-5-8-27(24)29)13-14-31(21-33)16-15-30(2)26-11-9-23(10-12-26)18-32-19-25(20-32)28(34)35/h3,6-14,21,25H,1,4-5,15-20H2,2H3,(H,34,35)/b14-13+,22-6+. The smallest absolute Gasteiger partial charge is 0.309 e. The number of amides is 1. The van der Waals surface area contributed by atoms with Crippen LogP contribution in [0.5, 0.6) is 0 Å².